The van der Waals surface area contributed by atoms with Crippen molar-refractivity contribution in [1.29, 1.82) is 0 Å². The van der Waals surface area contributed by atoms with E-state index >= 15 is 0 Å². The van der Waals surface area contributed by atoms with Gasteiger partial charge in [0.15, 0.2) is 5.82 Å². The Balaban J connectivity index is 1.67. The molecule has 1 aromatic carbocycles. The molecule has 0 radical (unpaired) electrons. The lowest BCUT2D eigenvalue weighted by Gasteiger charge is -1.92. The van der Waals surface area contributed by atoms with Crippen LogP contribution in [0.15, 0.2) is 53.6 Å². The molecule has 122 valence electrons. The van der Waals surface area contributed by atoms with Crippen LogP contribution in [0.2, 0.25) is 5.02 Å². The van der Waals surface area contributed by atoms with Crippen LogP contribution in [0.3, 0.4) is 0 Å². The number of rotatable bonds is 3. The fourth-order valence-corrected chi connectivity index (χ4v) is 3.32. The Hall–Kier alpha value is -2.83. The van der Waals surface area contributed by atoms with Gasteiger partial charge in [-0.25, -0.2) is 0 Å². The van der Waals surface area contributed by atoms with Crippen LogP contribution in [-0.2, 0) is 0 Å². The molecule has 4 rings (SSSR count). The van der Waals surface area contributed by atoms with Crippen LogP contribution in [0.25, 0.3) is 23.2 Å². The molecule has 4 aromatic rings. The average molecular weight is 367 g/mol. The predicted octanol–water partition coefficient (Wildman–Crippen LogP) is 2.92. The van der Waals surface area contributed by atoms with Gasteiger partial charge in [0.25, 0.3) is 5.56 Å². The third-order valence-electron chi connectivity index (χ3n) is 3.50. The Morgan fingerprint density at radius 1 is 1.00 bits per heavy atom. The van der Waals surface area contributed by atoms with E-state index < -0.39 is 0 Å². The van der Waals surface area contributed by atoms with Gasteiger partial charge >= 0.3 is 0 Å². The molecule has 0 bridgehead atoms. The number of fused-ring (bicyclic) bond motifs is 1. The summed E-state index contributed by atoms with van der Waals surface area (Å²) in [6, 6.07) is 11.1. The fraction of sp³-hybridized carbons (Fsp3) is 0. The first kappa shape index (κ1) is 15.7. The van der Waals surface area contributed by atoms with Crippen LogP contribution in [-0.4, -0.2) is 19.6 Å². The van der Waals surface area contributed by atoms with E-state index in [1.807, 2.05) is 48.6 Å². The zero-order valence-electron chi connectivity index (χ0n) is 12.8. The van der Waals surface area contributed by atoms with Crippen LogP contribution in [0.1, 0.15) is 17.0 Å². The summed E-state index contributed by atoms with van der Waals surface area (Å²) in [4.78, 5) is 21.4. The topological polar surface area (TPSA) is 60.2 Å². The molecule has 0 N–H and O–H groups in total. The minimum Gasteiger partial charge on any atom is -0.266 e. The molecule has 0 aliphatic carbocycles. The highest BCUT2D eigenvalue weighted by Crippen LogP contribution is 2.12. The minimum atomic E-state index is -0.171. The normalized spacial score (nSPS) is 12.4. The molecule has 0 aliphatic heterocycles. The number of nitrogens with zero attached hydrogens (tertiary/aromatic N) is 4. The quantitative estimate of drug-likeness (QED) is 0.559. The first-order valence-electron chi connectivity index (χ1n) is 7.44. The maximum absolute atomic E-state index is 12.4. The number of pyridine rings is 1. The Labute approximate surface area is 151 Å². The number of benzene rings is 1. The lowest BCUT2D eigenvalue weighted by atomic mass is 10.2. The van der Waals surface area contributed by atoms with E-state index in [1.165, 1.54) is 15.9 Å². The summed E-state index contributed by atoms with van der Waals surface area (Å²) in [6.45, 7) is 0. The summed E-state index contributed by atoms with van der Waals surface area (Å²) >= 11 is 7.18. The van der Waals surface area contributed by atoms with Crippen molar-refractivity contribution >= 4 is 46.1 Å². The highest BCUT2D eigenvalue weighted by Gasteiger charge is 2.08. The van der Waals surface area contributed by atoms with Crippen LogP contribution in [0.5, 0.6) is 0 Å². The van der Waals surface area contributed by atoms with Crippen LogP contribution >= 0.6 is 22.9 Å². The van der Waals surface area contributed by atoms with E-state index in [-0.39, 0.29) is 5.56 Å². The van der Waals surface area contributed by atoms with E-state index in [0.29, 0.717) is 20.3 Å². The van der Waals surface area contributed by atoms with E-state index in [9.17, 15) is 4.79 Å². The summed E-state index contributed by atoms with van der Waals surface area (Å²) < 4.78 is 1.92. The Morgan fingerprint density at radius 2 is 1.76 bits per heavy atom. The Bertz CT molecular complexity index is 1160. The van der Waals surface area contributed by atoms with Gasteiger partial charge in [0.2, 0.25) is 4.96 Å². The molecule has 0 aliphatic rings. The van der Waals surface area contributed by atoms with Crippen LogP contribution in [0.4, 0.5) is 0 Å². The Morgan fingerprint density at radius 3 is 2.48 bits per heavy atom. The first-order chi connectivity index (χ1) is 12.2. The molecule has 0 unspecified atom stereocenters. The summed E-state index contributed by atoms with van der Waals surface area (Å²) in [7, 11) is 0. The molecule has 0 amide bonds. The van der Waals surface area contributed by atoms with Gasteiger partial charge in [0.05, 0.1) is 4.53 Å². The molecule has 25 heavy (non-hydrogen) atoms. The summed E-state index contributed by atoms with van der Waals surface area (Å²) in [5.41, 5.74) is 1.73. The van der Waals surface area contributed by atoms with Crippen LogP contribution < -0.4 is 10.1 Å². The molecule has 0 atom stereocenters. The van der Waals surface area contributed by atoms with Crippen molar-refractivity contribution in [2.75, 3.05) is 0 Å². The van der Waals surface area contributed by atoms with Crippen molar-refractivity contribution < 1.29 is 0 Å². The van der Waals surface area contributed by atoms with Gasteiger partial charge < -0.3 is 0 Å². The molecule has 5 nitrogen and oxygen atoms in total. The average Bonchev–Trinajstić information content (AvgIpc) is 3.15. The van der Waals surface area contributed by atoms with Crippen molar-refractivity contribution in [3.05, 3.63) is 85.7 Å². The van der Waals surface area contributed by atoms with Gasteiger partial charge in [0.1, 0.15) is 0 Å². The van der Waals surface area contributed by atoms with Gasteiger partial charge in [-0.15, -0.1) is 5.10 Å². The zero-order valence-corrected chi connectivity index (χ0v) is 14.4. The van der Waals surface area contributed by atoms with Gasteiger partial charge in [-0.3, -0.25) is 9.78 Å². The zero-order chi connectivity index (χ0) is 17.2. The predicted molar refractivity (Wildman–Crippen MR) is 101 cm³/mol. The van der Waals surface area contributed by atoms with Gasteiger partial charge in [0, 0.05) is 17.4 Å². The van der Waals surface area contributed by atoms with E-state index in [2.05, 4.69) is 15.1 Å². The Kier molecular flexibility index (Phi) is 4.13. The van der Waals surface area contributed by atoms with Crippen LogP contribution in [0, 0.1) is 0 Å². The van der Waals surface area contributed by atoms with Crippen molar-refractivity contribution in [3.8, 4) is 0 Å². The largest absolute Gasteiger partial charge is 0.291 e. The summed E-state index contributed by atoms with van der Waals surface area (Å²) in [5.74, 6) is 0.494. The molecule has 0 fully saturated rings. The van der Waals surface area contributed by atoms with Gasteiger partial charge in [-0.1, -0.05) is 41.1 Å². The first-order valence-corrected chi connectivity index (χ1v) is 8.63. The number of hydrogen-bond donors (Lipinski definition) is 0. The van der Waals surface area contributed by atoms with E-state index in [4.69, 9.17) is 11.6 Å². The highest BCUT2D eigenvalue weighted by molar-refractivity contribution is 7.15. The van der Waals surface area contributed by atoms with Crippen molar-refractivity contribution in [2.45, 2.75) is 0 Å². The molecule has 0 saturated carbocycles. The monoisotopic (exact) mass is 366 g/mol. The molecule has 0 spiro atoms. The summed E-state index contributed by atoms with van der Waals surface area (Å²) in [5, 5.41) is 4.95. The third kappa shape index (κ3) is 3.35. The maximum atomic E-state index is 12.4. The number of thiazole rings is 1. The molecule has 3 aromatic heterocycles. The smallest absolute Gasteiger partial charge is 0.266 e. The number of halogens is 1. The molecule has 7 heteroatoms. The summed E-state index contributed by atoms with van der Waals surface area (Å²) in [6.07, 6.45) is 8.84. The van der Waals surface area contributed by atoms with Crippen molar-refractivity contribution in [1.82, 2.24) is 19.6 Å². The number of aromatic nitrogens is 4. The lowest BCUT2D eigenvalue weighted by Crippen LogP contribution is -2.23. The molecular weight excluding hydrogens is 356 g/mol. The molecule has 3 heterocycles. The van der Waals surface area contributed by atoms with Gasteiger partial charge in [-0.2, -0.15) is 9.50 Å². The van der Waals surface area contributed by atoms with Crippen molar-refractivity contribution in [3.63, 3.8) is 0 Å². The van der Waals surface area contributed by atoms with Gasteiger partial charge in [-0.05, 0) is 47.5 Å². The second kappa shape index (κ2) is 6.58. The second-order valence-corrected chi connectivity index (χ2v) is 6.69. The van der Waals surface area contributed by atoms with E-state index in [0.717, 1.165) is 11.1 Å². The third-order valence-corrected chi connectivity index (χ3v) is 4.71. The fourth-order valence-electron chi connectivity index (χ4n) is 2.28. The number of hydrogen-bond acceptors (Lipinski definition) is 5. The molecule has 0 saturated heterocycles. The second-order valence-electron chi connectivity index (χ2n) is 5.25. The van der Waals surface area contributed by atoms with Crippen molar-refractivity contribution in [2.24, 2.45) is 0 Å². The minimum absolute atomic E-state index is 0.171. The standard InChI is InChI=1S/C18H11ClN4OS/c19-14-4-1-12(2-5-14)3-6-16-21-18-23(22-16)17(24)15(25-18)11-13-7-9-20-10-8-13/h1-11H/b6-3+,15-11+. The maximum Gasteiger partial charge on any atom is 0.291 e. The van der Waals surface area contributed by atoms with E-state index in [1.54, 1.807) is 18.5 Å². The molecular formula is C18H11ClN4OS. The highest BCUT2D eigenvalue weighted by atomic mass is 35.5. The lowest BCUT2D eigenvalue weighted by molar-refractivity contribution is 0.925. The SMILES string of the molecule is O=c1/c(=C\c2ccncc2)sc2nc(/C=C/c3ccc(Cl)cc3)nn12.